The minimum atomic E-state index is 0.600. The minimum Gasteiger partial charge on any atom is -0.310 e. The number of hydrogen-bond acceptors (Lipinski definition) is 4. The summed E-state index contributed by atoms with van der Waals surface area (Å²) in [5.41, 5.74) is 15.7. The zero-order valence-electron chi connectivity index (χ0n) is 33.7. The van der Waals surface area contributed by atoms with Gasteiger partial charge in [0.25, 0.3) is 0 Å². The van der Waals surface area contributed by atoms with Gasteiger partial charge in [-0.05, 0) is 90.2 Å². The lowest BCUT2D eigenvalue weighted by Gasteiger charge is -2.18. The van der Waals surface area contributed by atoms with Gasteiger partial charge in [-0.2, -0.15) is 0 Å². The van der Waals surface area contributed by atoms with Gasteiger partial charge in [0.1, 0.15) is 0 Å². The van der Waals surface area contributed by atoms with Crippen LogP contribution in [0.5, 0.6) is 0 Å². The minimum absolute atomic E-state index is 0.600. The molecule has 0 saturated carbocycles. The zero-order chi connectivity index (χ0) is 41.0. The van der Waals surface area contributed by atoms with E-state index in [-0.39, 0.29) is 0 Å². The number of aromatic nitrogens is 6. The molecule has 12 rings (SSSR count). The Morgan fingerprint density at radius 2 is 0.919 bits per heavy atom. The van der Waals surface area contributed by atoms with Gasteiger partial charge in [0.2, 0.25) is 0 Å². The normalized spacial score (nSPS) is 12.5. The van der Waals surface area contributed by atoms with E-state index in [0.29, 0.717) is 17.5 Å². The van der Waals surface area contributed by atoms with Crippen LogP contribution in [0.1, 0.15) is 23.2 Å². The van der Waals surface area contributed by atoms with Crippen LogP contribution in [0, 0.1) is 0 Å². The van der Waals surface area contributed by atoms with Crippen molar-refractivity contribution in [1.82, 2.24) is 29.1 Å². The van der Waals surface area contributed by atoms with E-state index in [1.165, 1.54) is 49.8 Å². The Hall–Kier alpha value is -8.22. The summed E-state index contributed by atoms with van der Waals surface area (Å²) in [4.78, 5) is 19.8. The average molecular weight is 795 g/mol. The first-order valence-electron chi connectivity index (χ1n) is 21.1. The van der Waals surface area contributed by atoms with Crippen molar-refractivity contribution in [2.75, 3.05) is 0 Å². The number of para-hydroxylation sites is 3. The summed E-state index contributed by atoms with van der Waals surface area (Å²) in [6, 6.07) is 68.2. The van der Waals surface area contributed by atoms with Crippen molar-refractivity contribution in [3.8, 4) is 56.8 Å². The maximum atomic E-state index is 4.99. The van der Waals surface area contributed by atoms with Gasteiger partial charge in [-0.1, -0.05) is 140 Å². The molecule has 62 heavy (non-hydrogen) atoms. The second-order valence-corrected chi connectivity index (χ2v) is 15.8. The Labute approximate surface area is 358 Å². The predicted octanol–water partition coefficient (Wildman–Crippen LogP) is 13.5. The summed E-state index contributed by atoms with van der Waals surface area (Å²) in [7, 11) is 0. The molecule has 0 saturated heterocycles. The van der Waals surface area contributed by atoms with E-state index >= 15 is 0 Å². The predicted molar refractivity (Wildman–Crippen MR) is 253 cm³/mol. The molecule has 0 spiro atoms. The highest BCUT2D eigenvalue weighted by atomic mass is 15.0. The molecule has 0 amide bonds. The van der Waals surface area contributed by atoms with Crippen LogP contribution in [-0.2, 0) is 6.42 Å². The summed E-state index contributed by atoms with van der Waals surface area (Å²) < 4.78 is 4.80. The highest BCUT2D eigenvalue weighted by Crippen LogP contribution is 2.40. The fourth-order valence-corrected chi connectivity index (χ4v) is 9.22. The van der Waals surface area contributed by atoms with Crippen molar-refractivity contribution < 1.29 is 0 Å². The molecule has 4 aromatic heterocycles. The molecule has 7 aromatic carbocycles. The van der Waals surface area contributed by atoms with Crippen molar-refractivity contribution in [2.24, 2.45) is 0 Å². The summed E-state index contributed by atoms with van der Waals surface area (Å²) in [6.45, 7) is 0. The third-order valence-corrected chi connectivity index (χ3v) is 12.2. The highest BCUT2D eigenvalue weighted by Gasteiger charge is 2.22. The van der Waals surface area contributed by atoms with Crippen LogP contribution in [-0.4, -0.2) is 29.1 Å². The third kappa shape index (κ3) is 6.11. The summed E-state index contributed by atoms with van der Waals surface area (Å²) in [6.07, 6.45) is 6.26. The van der Waals surface area contributed by atoms with Crippen LogP contribution < -0.4 is 0 Å². The van der Waals surface area contributed by atoms with Gasteiger partial charge in [0.15, 0.2) is 17.5 Å². The highest BCUT2D eigenvalue weighted by molar-refractivity contribution is 6.10. The molecule has 1 aliphatic rings. The standard InChI is InChI=1S/C56H38N6/c1-4-14-38(15-5-1)54-58-55(39-16-6-2-7-17-39)60-56(59-54)42-32-33-57-49(34-42)41-27-31-48-46-21-11-13-23-51(46)62(53(48)36-41)44-28-24-37(25-29-44)40-26-30-47-45-20-10-12-22-50(45)61(52(47)35-40)43-18-8-3-9-19-43/h1-25,27-29,31-36H,26,30H2. The second kappa shape index (κ2) is 14.8. The molecule has 0 atom stereocenters. The monoisotopic (exact) mass is 794 g/mol. The van der Waals surface area contributed by atoms with Crippen LogP contribution in [0.2, 0.25) is 0 Å². The van der Waals surface area contributed by atoms with Gasteiger partial charge < -0.3 is 9.13 Å². The Bertz CT molecular complexity index is 3440. The van der Waals surface area contributed by atoms with E-state index in [4.69, 9.17) is 19.9 Å². The number of rotatable bonds is 7. The van der Waals surface area contributed by atoms with Crippen LogP contribution in [0.25, 0.3) is 101 Å². The van der Waals surface area contributed by atoms with Crippen LogP contribution >= 0.6 is 0 Å². The van der Waals surface area contributed by atoms with E-state index in [1.807, 2.05) is 72.9 Å². The third-order valence-electron chi connectivity index (χ3n) is 12.2. The van der Waals surface area contributed by atoms with E-state index in [2.05, 4.69) is 143 Å². The molecule has 0 fully saturated rings. The number of aryl methyl sites for hydroxylation is 1. The second-order valence-electron chi connectivity index (χ2n) is 15.8. The first-order valence-corrected chi connectivity index (χ1v) is 21.1. The molecule has 0 N–H and O–H groups in total. The van der Waals surface area contributed by atoms with Crippen LogP contribution in [0.4, 0.5) is 0 Å². The van der Waals surface area contributed by atoms with Crippen molar-refractivity contribution in [2.45, 2.75) is 12.8 Å². The quantitative estimate of drug-likeness (QED) is 0.161. The van der Waals surface area contributed by atoms with E-state index < -0.39 is 0 Å². The Balaban J connectivity index is 0.934. The first kappa shape index (κ1) is 35.7. The molecule has 1 aliphatic carbocycles. The Kier molecular flexibility index (Phi) is 8.52. The molecule has 0 aliphatic heterocycles. The van der Waals surface area contributed by atoms with Gasteiger partial charge >= 0.3 is 0 Å². The zero-order valence-corrected chi connectivity index (χ0v) is 33.7. The molecule has 292 valence electrons. The first-order chi connectivity index (χ1) is 30.7. The fourth-order valence-electron chi connectivity index (χ4n) is 9.22. The summed E-state index contributed by atoms with van der Waals surface area (Å²) in [5.74, 6) is 1.86. The largest absolute Gasteiger partial charge is 0.310 e. The Morgan fingerprint density at radius 3 is 1.61 bits per heavy atom. The number of hydrogen-bond donors (Lipinski definition) is 0. The van der Waals surface area contributed by atoms with Crippen LogP contribution in [0.3, 0.4) is 0 Å². The van der Waals surface area contributed by atoms with Gasteiger partial charge in [-0.15, -0.1) is 0 Å². The molecule has 4 heterocycles. The van der Waals surface area contributed by atoms with E-state index in [0.717, 1.165) is 57.5 Å². The summed E-state index contributed by atoms with van der Waals surface area (Å²) in [5, 5.41) is 3.74. The van der Waals surface area contributed by atoms with Gasteiger partial charge in [-0.3, -0.25) is 4.98 Å². The SMILES string of the molecule is C1=C(c2ccc(-n3c4ccccc4c4ccc(-c5cc(-c6nc(-c7ccccc7)nc(-c7ccccc7)n6)ccn5)cc43)cc2)CCc2c1n(-c1ccccc1)c1ccccc21. The lowest BCUT2D eigenvalue weighted by Crippen LogP contribution is -2.03. The van der Waals surface area contributed by atoms with E-state index in [9.17, 15) is 0 Å². The van der Waals surface area contributed by atoms with Gasteiger partial charge in [-0.25, -0.2) is 15.0 Å². The maximum Gasteiger partial charge on any atom is 0.164 e. The lowest BCUT2D eigenvalue weighted by molar-refractivity contribution is 0.980. The Morgan fingerprint density at radius 1 is 0.371 bits per heavy atom. The number of benzene rings is 7. The van der Waals surface area contributed by atoms with Crippen molar-refractivity contribution in [3.63, 3.8) is 0 Å². The van der Waals surface area contributed by atoms with Crippen molar-refractivity contribution in [1.29, 1.82) is 0 Å². The molecular weight excluding hydrogens is 757 g/mol. The fraction of sp³-hybridized carbons (Fsp3) is 0.0357. The molecule has 6 heteroatoms. The number of pyridine rings is 1. The van der Waals surface area contributed by atoms with Gasteiger partial charge in [0, 0.05) is 56.0 Å². The van der Waals surface area contributed by atoms with Crippen molar-refractivity contribution >= 4 is 44.4 Å². The van der Waals surface area contributed by atoms with Crippen LogP contribution in [0.15, 0.2) is 200 Å². The molecule has 0 unspecified atom stereocenters. The molecular formula is C56H38N6. The smallest absolute Gasteiger partial charge is 0.164 e. The molecule has 6 nitrogen and oxygen atoms in total. The number of allylic oxidation sites excluding steroid dienone is 1. The summed E-state index contributed by atoms with van der Waals surface area (Å²) >= 11 is 0. The molecule has 0 radical (unpaired) electrons. The number of nitrogens with zero attached hydrogens (tertiary/aromatic N) is 6. The molecule has 0 bridgehead atoms. The van der Waals surface area contributed by atoms with E-state index in [1.54, 1.807) is 0 Å². The lowest BCUT2D eigenvalue weighted by atomic mass is 9.91. The topological polar surface area (TPSA) is 61.4 Å². The van der Waals surface area contributed by atoms with Crippen molar-refractivity contribution in [3.05, 3.63) is 217 Å². The van der Waals surface area contributed by atoms with Gasteiger partial charge in [0.05, 0.1) is 27.9 Å². The maximum absolute atomic E-state index is 4.99. The average Bonchev–Trinajstić information content (AvgIpc) is 3.87. The molecule has 11 aromatic rings. The number of fused-ring (bicyclic) bond motifs is 6.